The number of carbonyl (C=O) groups excluding carboxylic acids is 1. The predicted molar refractivity (Wildman–Crippen MR) is 63.6 cm³/mol. The molecule has 1 aromatic rings. The molecule has 96 valence electrons. The number of rotatable bonds is 6. The first-order valence-electron chi connectivity index (χ1n) is 5.50. The van der Waals surface area contributed by atoms with Gasteiger partial charge in [-0.05, 0) is 20.9 Å². The summed E-state index contributed by atoms with van der Waals surface area (Å²) in [4.78, 5) is 13.1. The molecule has 0 atom stereocenters. The summed E-state index contributed by atoms with van der Waals surface area (Å²) in [5.41, 5.74) is 0. The van der Waals surface area contributed by atoms with Crippen LogP contribution in [0.2, 0.25) is 0 Å². The summed E-state index contributed by atoms with van der Waals surface area (Å²) >= 11 is 0. The van der Waals surface area contributed by atoms with Crippen LogP contribution in [0.3, 0.4) is 0 Å². The van der Waals surface area contributed by atoms with Crippen molar-refractivity contribution >= 4 is 11.9 Å². The molecular weight excluding hydrogens is 222 g/mol. The lowest BCUT2D eigenvalue weighted by Crippen LogP contribution is -2.38. The van der Waals surface area contributed by atoms with Crippen LogP contribution in [0.1, 0.15) is 19.7 Å². The number of carbonyl (C=O) groups is 1. The summed E-state index contributed by atoms with van der Waals surface area (Å²) in [6.45, 7) is 4.53. The highest BCUT2D eigenvalue weighted by atomic mass is 16.4. The van der Waals surface area contributed by atoms with Gasteiger partial charge in [-0.25, -0.2) is 0 Å². The number of anilines is 1. The summed E-state index contributed by atoms with van der Waals surface area (Å²) in [5.74, 6) is 0.425. The van der Waals surface area contributed by atoms with E-state index in [4.69, 9.17) is 4.42 Å². The van der Waals surface area contributed by atoms with Gasteiger partial charge >= 0.3 is 6.01 Å². The molecule has 1 heterocycles. The van der Waals surface area contributed by atoms with Crippen LogP contribution in [-0.4, -0.2) is 42.8 Å². The molecule has 2 N–H and O–H groups in total. The molecule has 0 spiro atoms. The Balaban J connectivity index is 2.51. The monoisotopic (exact) mass is 241 g/mol. The molecule has 0 aliphatic heterocycles. The maximum atomic E-state index is 11.5. The second-order valence-corrected chi connectivity index (χ2v) is 4.09. The Morgan fingerprint density at radius 2 is 2.18 bits per heavy atom. The standard InChI is InChI=1S/C10H19N5O2/c1-7(2)12-8(16)6-15(4)10-14-13-9(17-10)5-11-3/h7,11H,5-6H2,1-4H3,(H,12,16). The zero-order valence-electron chi connectivity index (χ0n) is 10.6. The fraction of sp³-hybridized carbons (Fsp3) is 0.700. The third kappa shape index (κ3) is 4.39. The van der Waals surface area contributed by atoms with Gasteiger partial charge < -0.3 is 20.0 Å². The van der Waals surface area contributed by atoms with Crippen LogP contribution in [0, 0.1) is 0 Å². The Bertz CT molecular complexity index is 363. The lowest BCUT2D eigenvalue weighted by Gasteiger charge is -2.14. The van der Waals surface area contributed by atoms with E-state index in [2.05, 4.69) is 20.8 Å². The highest BCUT2D eigenvalue weighted by molar-refractivity contribution is 5.80. The Morgan fingerprint density at radius 3 is 2.76 bits per heavy atom. The van der Waals surface area contributed by atoms with E-state index in [1.165, 1.54) is 0 Å². The van der Waals surface area contributed by atoms with Crippen molar-refractivity contribution in [3.05, 3.63) is 5.89 Å². The van der Waals surface area contributed by atoms with Crippen LogP contribution in [-0.2, 0) is 11.3 Å². The molecular formula is C10H19N5O2. The molecule has 0 aromatic carbocycles. The predicted octanol–water partition coefficient (Wildman–Crippen LogP) is -0.250. The Hall–Kier alpha value is -1.63. The highest BCUT2D eigenvalue weighted by Gasteiger charge is 2.13. The van der Waals surface area contributed by atoms with Gasteiger partial charge in [0.15, 0.2) is 0 Å². The molecule has 17 heavy (non-hydrogen) atoms. The summed E-state index contributed by atoms with van der Waals surface area (Å²) in [6, 6.07) is 0.465. The Labute approximate surface area is 101 Å². The van der Waals surface area contributed by atoms with E-state index >= 15 is 0 Å². The van der Waals surface area contributed by atoms with E-state index in [1.54, 1.807) is 19.0 Å². The number of amides is 1. The number of hydrogen-bond donors (Lipinski definition) is 2. The molecule has 0 saturated heterocycles. The van der Waals surface area contributed by atoms with E-state index in [1.807, 2.05) is 13.8 Å². The van der Waals surface area contributed by atoms with Crippen molar-refractivity contribution in [1.29, 1.82) is 0 Å². The van der Waals surface area contributed by atoms with Crippen molar-refractivity contribution in [3.63, 3.8) is 0 Å². The third-order valence-electron chi connectivity index (χ3n) is 1.94. The van der Waals surface area contributed by atoms with Crippen molar-refractivity contribution < 1.29 is 9.21 Å². The average Bonchev–Trinajstić information content (AvgIpc) is 2.65. The molecule has 0 unspecified atom stereocenters. The van der Waals surface area contributed by atoms with Crippen LogP contribution < -0.4 is 15.5 Å². The fourth-order valence-corrected chi connectivity index (χ4v) is 1.27. The van der Waals surface area contributed by atoms with Crippen molar-refractivity contribution in [3.8, 4) is 0 Å². The van der Waals surface area contributed by atoms with Crippen LogP contribution >= 0.6 is 0 Å². The largest absolute Gasteiger partial charge is 0.407 e. The van der Waals surface area contributed by atoms with Crippen molar-refractivity contribution in [2.75, 3.05) is 25.5 Å². The molecule has 0 fully saturated rings. The van der Waals surface area contributed by atoms with Crippen LogP contribution in [0.5, 0.6) is 0 Å². The first-order chi connectivity index (χ1) is 8.02. The van der Waals surface area contributed by atoms with E-state index in [0.29, 0.717) is 18.5 Å². The normalized spacial score (nSPS) is 10.6. The van der Waals surface area contributed by atoms with Gasteiger partial charge in [0.05, 0.1) is 6.54 Å². The van der Waals surface area contributed by atoms with Crippen LogP contribution in [0.4, 0.5) is 6.01 Å². The smallest absolute Gasteiger partial charge is 0.318 e. The lowest BCUT2D eigenvalue weighted by molar-refractivity contribution is -0.120. The van der Waals surface area contributed by atoms with E-state index < -0.39 is 0 Å². The van der Waals surface area contributed by atoms with Crippen molar-refractivity contribution in [2.24, 2.45) is 0 Å². The number of likely N-dealkylation sites (N-methyl/N-ethyl adjacent to an activating group) is 1. The number of aromatic nitrogens is 2. The second kappa shape index (κ2) is 6.19. The summed E-state index contributed by atoms with van der Waals surface area (Å²) in [6.07, 6.45) is 0. The molecule has 1 rings (SSSR count). The molecule has 0 aliphatic carbocycles. The maximum absolute atomic E-state index is 11.5. The quantitative estimate of drug-likeness (QED) is 0.714. The number of hydrogen-bond acceptors (Lipinski definition) is 6. The highest BCUT2D eigenvalue weighted by Crippen LogP contribution is 2.09. The Morgan fingerprint density at radius 1 is 1.47 bits per heavy atom. The van der Waals surface area contributed by atoms with Crippen molar-refractivity contribution in [1.82, 2.24) is 20.8 Å². The van der Waals surface area contributed by atoms with Gasteiger partial charge in [0.1, 0.15) is 6.54 Å². The second-order valence-electron chi connectivity index (χ2n) is 4.09. The van der Waals surface area contributed by atoms with Gasteiger partial charge in [0.25, 0.3) is 0 Å². The molecule has 1 amide bonds. The fourth-order valence-electron chi connectivity index (χ4n) is 1.27. The van der Waals surface area contributed by atoms with Gasteiger partial charge in [-0.15, -0.1) is 5.10 Å². The lowest BCUT2D eigenvalue weighted by atomic mass is 10.4. The van der Waals surface area contributed by atoms with E-state index in [0.717, 1.165) is 0 Å². The zero-order valence-corrected chi connectivity index (χ0v) is 10.6. The van der Waals surface area contributed by atoms with Crippen LogP contribution in [0.15, 0.2) is 4.42 Å². The molecule has 7 nitrogen and oxygen atoms in total. The minimum atomic E-state index is -0.0733. The topological polar surface area (TPSA) is 83.3 Å². The number of nitrogens with zero attached hydrogens (tertiary/aromatic N) is 3. The summed E-state index contributed by atoms with van der Waals surface area (Å²) in [5, 5.41) is 13.4. The van der Waals surface area contributed by atoms with Crippen LogP contribution in [0.25, 0.3) is 0 Å². The van der Waals surface area contributed by atoms with Gasteiger partial charge in [-0.2, -0.15) is 0 Å². The molecule has 0 radical (unpaired) electrons. The minimum Gasteiger partial charge on any atom is -0.407 e. The summed E-state index contributed by atoms with van der Waals surface area (Å²) < 4.78 is 5.35. The molecule has 0 bridgehead atoms. The molecule has 7 heteroatoms. The van der Waals surface area contributed by atoms with Gasteiger partial charge in [0, 0.05) is 13.1 Å². The SMILES string of the molecule is CNCc1nnc(N(C)CC(=O)NC(C)C)o1. The number of nitrogens with one attached hydrogen (secondary N) is 2. The first-order valence-corrected chi connectivity index (χ1v) is 5.50. The van der Waals surface area contributed by atoms with Gasteiger partial charge in [-0.3, -0.25) is 4.79 Å². The molecule has 1 aromatic heterocycles. The minimum absolute atomic E-state index is 0.0733. The third-order valence-corrected chi connectivity index (χ3v) is 1.94. The van der Waals surface area contributed by atoms with E-state index in [9.17, 15) is 4.79 Å². The van der Waals surface area contributed by atoms with Crippen molar-refractivity contribution in [2.45, 2.75) is 26.4 Å². The molecule has 0 saturated carbocycles. The molecule has 0 aliphatic rings. The Kier molecular flexibility index (Phi) is 4.89. The van der Waals surface area contributed by atoms with E-state index in [-0.39, 0.29) is 18.5 Å². The van der Waals surface area contributed by atoms with Gasteiger partial charge in [0.2, 0.25) is 11.8 Å². The summed E-state index contributed by atoms with van der Waals surface area (Å²) in [7, 11) is 3.53. The maximum Gasteiger partial charge on any atom is 0.318 e. The van der Waals surface area contributed by atoms with Gasteiger partial charge in [-0.1, -0.05) is 5.10 Å². The first kappa shape index (κ1) is 13.4. The zero-order chi connectivity index (χ0) is 12.8. The average molecular weight is 241 g/mol.